The van der Waals surface area contributed by atoms with Gasteiger partial charge in [0.25, 0.3) is 0 Å². The summed E-state index contributed by atoms with van der Waals surface area (Å²) in [7, 11) is 0. The highest BCUT2D eigenvalue weighted by Crippen LogP contribution is 2.43. The molecule has 1 heterocycles. The van der Waals surface area contributed by atoms with Gasteiger partial charge in [-0.25, -0.2) is 4.79 Å². The van der Waals surface area contributed by atoms with Crippen molar-refractivity contribution in [1.29, 1.82) is 0 Å². The van der Waals surface area contributed by atoms with Crippen LogP contribution >= 0.6 is 23.5 Å². The fourth-order valence-corrected chi connectivity index (χ4v) is 5.30. The van der Waals surface area contributed by atoms with Gasteiger partial charge in [-0.15, -0.1) is 23.5 Å². The van der Waals surface area contributed by atoms with Gasteiger partial charge in [-0.3, -0.25) is 0 Å². The van der Waals surface area contributed by atoms with Crippen molar-refractivity contribution in [3.63, 3.8) is 0 Å². The molecule has 1 aliphatic heterocycles. The van der Waals surface area contributed by atoms with Crippen LogP contribution in [0.3, 0.4) is 0 Å². The van der Waals surface area contributed by atoms with Crippen molar-refractivity contribution < 1.29 is 14.6 Å². The number of carbonyl (C=O) groups is 1. The van der Waals surface area contributed by atoms with Crippen LogP contribution < -0.4 is 5.32 Å². The Labute approximate surface area is 135 Å². The molecule has 2 unspecified atom stereocenters. The first kappa shape index (κ1) is 17.0. The normalized spacial score (nSPS) is 26.9. The van der Waals surface area contributed by atoms with E-state index in [1.807, 2.05) is 44.3 Å². The molecule has 1 saturated carbocycles. The number of aliphatic hydroxyl groups excluding tert-OH is 1. The second kappa shape index (κ2) is 7.29. The zero-order valence-corrected chi connectivity index (χ0v) is 14.6. The van der Waals surface area contributed by atoms with Gasteiger partial charge in [0, 0.05) is 22.8 Å². The van der Waals surface area contributed by atoms with E-state index in [1.165, 1.54) is 27.7 Å². The van der Waals surface area contributed by atoms with E-state index in [0.717, 1.165) is 12.8 Å². The Balaban J connectivity index is 1.98. The summed E-state index contributed by atoms with van der Waals surface area (Å²) < 4.78 is 6.73. The lowest BCUT2D eigenvalue weighted by molar-refractivity contribution is 0.0483. The quantitative estimate of drug-likeness (QED) is 0.812. The Morgan fingerprint density at radius 3 is 2.57 bits per heavy atom. The fourth-order valence-electron chi connectivity index (χ4n) is 2.59. The molecule has 4 nitrogen and oxygen atoms in total. The van der Waals surface area contributed by atoms with Gasteiger partial charge in [-0.1, -0.05) is 0 Å². The molecule has 2 atom stereocenters. The SMILES string of the molecule is CC(C)(C)OC(=O)NC1CC(=C2SCCCS2)CC1CO. The van der Waals surface area contributed by atoms with Crippen LogP contribution in [0.25, 0.3) is 0 Å². The Hall–Kier alpha value is -0.330. The predicted molar refractivity (Wildman–Crippen MR) is 89.5 cm³/mol. The molecule has 6 heteroatoms. The zero-order chi connectivity index (χ0) is 15.5. The van der Waals surface area contributed by atoms with E-state index in [-0.39, 0.29) is 24.7 Å². The molecule has 2 fully saturated rings. The zero-order valence-electron chi connectivity index (χ0n) is 13.0. The average Bonchev–Trinajstić information content (AvgIpc) is 2.80. The van der Waals surface area contributed by atoms with Crippen molar-refractivity contribution in [2.45, 2.75) is 51.7 Å². The molecule has 0 spiro atoms. The first-order valence-electron chi connectivity index (χ1n) is 7.47. The third-order valence-corrected chi connectivity index (χ3v) is 6.32. The van der Waals surface area contributed by atoms with E-state index in [4.69, 9.17) is 4.74 Å². The molecule has 0 aromatic rings. The monoisotopic (exact) mass is 331 g/mol. The molecule has 1 amide bonds. The van der Waals surface area contributed by atoms with Crippen LogP contribution in [0.15, 0.2) is 9.81 Å². The number of rotatable bonds is 2. The number of ether oxygens (including phenoxy) is 1. The lowest BCUT2D eigenvalue weighted by Gasteiger charge is -2.23. The van der Waals surface area contributed by atoms with Crippen LogP contribution in [0.4, 0.5) is 4.79 Å². The molecule has 120 valence electrons. The molecule has 21 heavy (non-hydrogen) atoms. The molecule has 2 N–H and O–H groups in total. The van der Waals surface area contributed by atoms with Crippen LogP contribution in [0, 0.1) is 5.92 Å². The van der Waals surface area contributed by atoms with Crippen molar-refractivity contribution >= 4 is 29.6 Å². The van der Waals surface area contributed by atoms with E-state index in [0.29, 0.717) is 0 Å². The molecule has 0 radical (unpaired) electrons. The maximum Gasteiger partial charge on any atom is 0.407 e. The number of amides is 1. The number of thioether (sulfide) groups is 2. The van der Waals surface area contributed by atoms with Crippen LogP contribution in [-0.4, -0.2) is 41.0 Å². The summed E-state index contributed by atoms with van der Waals surface area (Å²) in [5.41, 5.74) is 0.901. The topological polar surface area (TPSA) is 58.6 Å². The second-order valence-corrected chi connectivity index (χ2v) is 9.01. The second-order valence-electron chi connectivity index (χ2n) is 6.55. The molecular formula is C15H25NO3S2. The van der Waals surface area contributed by atoms with E-state index in [2.05, 4.69) is 5.32 Å². The fraction of sp³-hybridized carbons (Fsp3) is 0.800. The Morgan fingerprint density at radius 1 is 1.33 bits per heavy atom. The lowest BCUT2D eigenvalue weighted by Crippen LogP contribution is -2.41. The minimum absolute atomic E-state index is 0.0181. The maximum absolute atomic E-state index is 11.9. The van der Waals surface area contributed by atoms with Crippen molar-refractivity contribution in [2.75, 3.05) is 18.1 Å². The minimum atomic E-state index is -0.492. The van der Waals surface area contributed by atoms with Crippen LogP contribution in [0.1, 0.15) is 40.0 Å². The van der Waals surface area contributed by atoms with Gasteiger partial charge >= 0.3 is 6.09 Å². The Morgan fingerprint density at radius 2 is 2.00 bits per heavy atom. The minimum Gasteiger partial charge on any atom is -0.444 e. The maximum atomic E-state index is 11.9. The number of carbonyl (C=O) groups excluding carboxylic acids is 1. The summed E-state index contributed by atoms with van der Waals surface area (Å²) in [4.78, 5) is 11.9. The number of aliphatic hydroxyl groups is 1. The van der Waals surface area contributed by atoms with Gasteiger partial charge in [0.05, 0.1) is 0 Å². The molecule has 0 aromatic heterocycles. The molecule has 2 rings (SSSR count). The summed E-state index contributed by atoms with van der Waals surface area (Å²) in [6.07, 6.45) is 2.59. The van der Waals surface area contributed by atoms with E-state index in [9.17, 15) is 9.90 Å². The molecule has 0 bridgehead atoms. The largest absolute Gasteiger partial charge is 0.444 e. The smallest absolute Gasteiger partial charge is 0.407 e. The van der Waals surface area contributed by atoms with Gasteiger partial charge in [-0.2, -0.15) is 0 Å². The molecular weight excluding hydrogens is 306 g/mol. The van der Waals surface area contributed by atoms with Gasteiger partial charge in [0.1, 0.15) is 5.60 Å². The first-order valence-corrected chi connectivity index (χ1v) is 9.44. The summed E-state index contributed by atoms with van der Waals surface area (Å²) in [6, 6.07) is -0.0181. The summed E-state index contributed by atoms with van der Waals surface area (Å²) in [6.45, 7) is 5.67. The summed E-state index contributed by atoms with van der Waals surface area (Å²) in [5, 5.41) is 12.5. The molecule has 0 aromatic carbocycles. The van der Waals surface area contributed by atoms with Gasteiger partial charge in [-0.05, 0) is 57.1 Å². The highest BCUT2D eigenvalue weighted by Gasteiger charge is 2.34. The summed E-state index contributed by atoms with van der Waals surface area (Å²) in [5.74, 6) is 2.46. The standard InChI is InChI=1S/C15H25NO3S2/c1-15(2,3)19-14(18)16-12-8-10(7-11(12)9-17)13-20-5-4-6-21-13/h11-12,17H,4-9H2,1-3H3,(H,16,18). The van der Waals surface area contributed by atoms with E-state index in [1.54, 1.807) is 0 Å². The number of hydrogen-bond donors (Lipinski definition) is 2. The van der Waals surface area contributed by atoms with Gasteiger partial charge < -0.3 is 15.2 Å². The third-order valence-electron chi connectivity index (χ3n) is 3.52. The first-order chi connectivity index (χ1) is 9.89. The lowest BCUT2D eigenvalue weighted by atomic mass is 10.1. The summed E-state index contributed by atoms with van der Waals surface area (Å²) >= 11 is 3.84. The van der Waals surface area contributed by atoms with Gasteiger partial charge in [0.2, 0.25) is 0 Å². The van der Waals surface area contributed by atoms with E-state index < -0.39 is 5.60 Å². The Kier molecular flexibility index (Phi) is 5.91. The van der Waals surface area contributed by atoms with Crippen LogP contribution in [-0.2, 0) is 4.74 Å². The molecule has 1 saturated heterocycles. The Bertz CT molecular complexity index is 410. The number of nitrogens with one attached hydrogen (secondary N) is 1. The number of alkyl carbamates (subject to hydrolysis) is 1. The van der Waals surface area contributed by atoms with Crippen molar-refractivity contribution in [1.82, 2.24) is 5.32 Å². The van der Waals surface area contributed by atoms with Crippen molar-refractivity contribution in [3.8, 4) is 0 Å². The van der Waals surface area contributed by atoms with Crippen LogP contribution in [0.5, 0.6) is 0 Å². The third kappa shape index (κ3) is 5.11. The highest BCUT2D eigenvalue weighted by molar-refractivity contribution is 8.22. The van der Waals surface area contributed by atoms with Crippen molar-refractivity contribution in [2.24, 2.45) is 5.92 Å². The van der Waals surface area contributed by atoms with Gasteiger partial charge in [0.15, 0.2) is 0 Å². The predicted octanol–water partition coefficient (Wildman–Crippen LogP) is 3.36. The molecule has 2 aliphatic rings. The van der Waals surface area contributed by atoms with Crippen molar-refractivity contribution in [3.05, 3.63) is 9.81 Å². The number of hydrogen-bond acceptors (Lipinski definition) is 5. The average molecular weight is 332 g/mol. The highest BCUT2D eigenvalue weighted by atomic mass is 32.2. The van der Waals surface area contributed by atoms with Crippen LogP contribution in [0.2, 0.25) is 0 Å². The van der Waals surface area contributed by atoms with E-state index >= 15 is 0 Å². The molecule has 1 aliphatic carbocycles.